The first-order chi connectivity index (χ1) is 12.7. The zero-order valence-electron chi connectivity index (χ0n) is 17.4. The number of anilines is 1. The minimum atomic E-state index is -3.86. The van der Waals surface area contributed by atoms with Gasteiger partial charge in [0.15, 0.2) is 0 Å². The van der Waals surface area contributed by atoms with E-state index in [-0.39, 0.29) is 20.9 Å². The first kappa shape index (κ1) is 22.4. The highest BCUT2D eigenvalue weighted by Gasteiger charge is 2.22. The molecule has 0 atom stereocenters. The van der Waals surface area contributed by atoms with Crippen LogP contribution in [0.25, 0.3) is 0 Å². The third kappa shape index (κ3) is 4.56. The molecule has 0 aliphatic rings. The number of nitrogens with one attached hydrogen (secondary N) is 1. The van der Waals surface area contributed by atoms with Crippen LogP contribution in [0.4, 0.5) is 5.69 Å². The monoisotopic (exact) mass is 424 g/mol. The fourth-order valence-corrected chi connectivity index (χ4v) is 4.76. The van der Waals surface area contributed by atoms with Gasteiger partial charge in [-0.15, -0.1) is 0 Å². The molecular weight excluding hydrogens is 396 g/mol. The summed E-state index contributed by atoms with van der Waals surface area (Å²) in [7, 11) is -4.67. The summed E-state index contributed by atoms with van der Waals surface area (Å²) in [6.07, 6.45) is 0. The number of hydrogen-bond acceptors (Lipinski definition) is 4. The molecule has 0 radical (unpaired) electrons. The van der Waals surface area contributed by atoms with E-state index >= 15 is 0 Å². The van der Waals surface area contributed by atoms with Crippen LogP contribution in [0.3, 0.4) is 0 Å². The summed E-state index contributed by atoms with van der Waals surface area (Å²) in [5.74, 6) is 0. The van der Waals surface area contributed by atoms with E-state index < -0.39 is 20.0 Å². The van der Waals surface area contributed by atoms with Gasteiger partial charge in [0.05, 0.1) is 15.5 Å². The van der Waals surface area contributed by atoms with Gasteiger partial charge in [-0.3, -0.25) is 4.72 Å². The van der Waals surface area contributed by atoms with Crippen molar-refractivity contribution < 1.29 is 16.8 Å². The van der Waals surface area contributed by atoms with E-state index in [4.69, 9.17) is 0 Å². The topological polar surface area (TPSA) is 83.6 Å². The second kappa shape index (κ2) is 7.50. The van der Waals surface area contributed by atoms with Crippen molar-refractivity contribution >= 4 is 25.7 Å². The lowest BCUT2D eigenvalue weighted by Crippen LogP contribution is -2.23. The molecule has 0 aliphatic heterocycles. The Labute approximate surface area is 168 Å². The quantitative estimate of drug-likeness (QED) is 0.794. The molecule has 0 fully saturated rings. The number of nitrogens with zero attached hydrogens (tertiary/aromatic N) is 1. The Morgan fingerprint density at radius 1 is 0.857 bits per heavy atom. The summed E-state index contributed by atoms with van der Waals surface area (Å²) in [5.41, 5.74) is 2.55. The van der Waals surface area contributed by atoms with Gasteiger partial charge in [0.1, 0.15) is 0 Å². The fraction of sp³-hybridized carbons (Fsp3) is 0.400. The van der Waals surface area contributed by atoms with Crippen molar-refractivity contribution in [3.05, 3.63) is 53.1 Å². The molecular formula is C20H28N2O4S2. The Kier molecular flexibility index (Phi) is 5.99. The Bertz CT molecular complexity index is 1080. The van der Waals surface area contributed by atoms with Gasteiger partial charge in [-0.05, 0) is 60.2 Å². The average Bonchev–Trinajstić information content (AvgIpc) is 2.57. The summed E-state index contributed by atoms with van der Waals surface area (Å²) in [6.45, 7) is 9.66. The molecule has 154 valence electrons. The zero-order valence-corrected chi connectivity index (χ0v) is 19.0. The summed E-state index contributed by atoms with van der Waals surface area (Å²) in [5, 5.41) is 0. The Balaban J connectivity index is 2.48. The fourth-order valence-electron chi connectivity index (χ4n) is 2.63. The van der Waals surface area contributed by atoms with Crippen LogP contribution in [0, 0.1) is 13.8 Å². The van der Waals surface area contributed by atoms with E-state index in [9.17, 15) is 16.8 Å². The van der Waals surface area contributed by atoms with Crippen molar-refractivity contribution in [2.45, 2.75) is 49.8 Å². The molecule has 2 aromatic rings. The summed E-state index contributed by atoms with van der Waals surface area (Å²) < 4.78 is 54.3. The molecule has 6 nitrogen and oxygen atoms in total. The van der Waals surface area contributed by atoms with Gasteiger partial charge in [-0.25, -0.2) is 21.1 Å². The smallest absolute Gasteiger partial charge is 0.261 e. The second-order valence-corrected chi connectivity index (χ2v) is 11.9. The Hall–Kier alpha value is -1.90. The molecule has 0 saturated heterocycles. The minimum Gasteiger partial charge on any atom is -0.279 e. The molecule has 28 heavy (non-hydrogen) atoms. The van der Waals surface area contributed by atoms with Crippen LogP contribution < -0.4 is 4.72 Å². The molecule has 0 bridgehead atoms. The van der Waals surface area contributed by atoms with E-state index in [0.29, 0.717) is 11.1 Å². The molecule has 0 aliphatic carbocycles. The van der Waals surface area contributed by atoms with Crippen molar-refractivity contribution in [3.63, 3.8) is 0 Å². The maximum Gasteiger partial charge on any atom is 0.261 e. The zero-order chi connectivity index (χ0) is 21.5. The van der Waals surface area contributed by atoms with Crippen LogP contribution >= 0.6 is 0 Å². The van der Waals surface area contributed by atoms with Gasteiger partial charge < -0.3 is 0 Å². The van der Waals surface area contributed by atoms with E-state index in [0.717, 1.165) is 9.87 Å². The maximum absolute atomic E-state index is 12.8. The molecule has 0 aromatic heterocycles. The SMILES string of the molecule is Cc1cc(S(=O)(=O)N(C)C)cc(NS(=O)(=O)c2ccc(C(C)(C)C)cc2)c1C. The molecule has 0 unspecified atom stereocenters. The van der Waals surface area contributed by atoms with E-state index in [1.807, 2.05) is 0 Å². The van der Waals surface area contributed by atoms with Crippen molar-refractivity contribution in [2.24, 2.45) is 0 Å². The second-order valence-electron chi connectivity index (χ2n) is 8.08. The first-order valence-electron chi connectivity index (χ1n) is 8.83. The van der Waals surface area contributed by atoms with Crippen LogP contribution in [0.5, 0.6) is 0 Å². The van der Waals surface area contributed by atoms with Gasteiger partial charge in [0.25, 0.3) is 10.0 Å². The number of sulfonamides is 2. The average molecular weight is 425 g/mol. The van der Waals surface area contributed by atoms with Gasteiger partial charge in [-0.2, -0.15) is 0 Å². The molecule has 2 aromatic carbocycles. The molecule has 0 amide bonds. The lowest BCUT2D eigenvalue weighted by Gasteiger charge is -2.20. The summed E-state index contributed by atoms with van der Waals surface area (Å²) >= 11 is 0. The summed E-state index contributed by atoms with van der Waals surface area (Å²) in [6, 6.07) is 9.61. The molecule has 0 heterocycles. The largest absolute Gasteiger partial charge is 0.279 e. The summed E-state index contributed by atoms with van der Waals surface area (Å²) in [4.78, 5) is 0.166. The van der Waals surface area contributed by atoms with Crippen LogP contribution in [0.2, 0.25) is 0 Å². The van der Waals surface area contributed by atoms with Crippen LogP contribution in [0.1, 0.15) is 37.5 Å². The predicted molar refractivity (Wildman–Crippen MR) is 113 cm³/mol. The third-order valence-electron chi connectivity index (χ3n) is 4.69. The molecule has 0 saturated carbocycles. The highest BCUT2D eigenvalue weighted by Crippen LogP contribution is 2.28. The van der Waals surface area contributed by atoms with Crippen molar-refractivity contribution in [1.82, 2.24) is 4.31 Å². The number of hydrogen-bond donors (Lipinski definition) is 1. The van der Waals surface area contributed by atoms with Crippen molar-refractivity contribution in [1.29, 1.82) is 0 Å². The third-order valence-corrected chi connectivity index (χ3v) is 7.87. The Morgan fingerprint density at radius 2 is 1.39 bits per heavy atom. The highest BCUT2D eigenvalue weighted by molar-refractivity contribution is 7.92. The lowest BCUT2D eigenvalue weighted by molar-refractivity contribution is 0.520. The predicted octanol–water partition coefficient (Wildman–Crippen LogP) is 3.65. The molecule has 0 spiro atoms. The molecule has 1 N–H and O–H groups in total. The first-order valence-corrected chi connectivity index (χ1v) is 11.8. The van der Waals surface area contributed by atoms with E-state index in [1.54, 1.807) is 44.2 Å². The van der Waals surface area contributed by atoms with Gasteiger partial charge in [0, 0.05) is 14.1 Å². The van der Waals surface area contributed by atoms with Crippen molar-refractivity contribution in [3.8, 4) is 0 Å². The molecule has 2 rings (SSSR count). The number of rotatable bonds is 5. The highest BCUT2D eigenvalue weighted by atomic mass is 32.2. The minimum absolute atomic E-state index is 0.0429. The van der Waals surface area contributed by atoms with Crippen molar-refractivity contribution in [2.75, 3.05) is 18.8 Å². The van der Waals surface area contributed by atoms with Gasteiger partial charge >= 0.3 is 0 Å². The normalized spacial score (nSPS) is 13.0. The molecule has 8 heteroatoms. The van der Waals surface area contributed by atoms with Gasteiger partial charge in [-0.1, -0.05) is 32.9 Å². The van der Waals surface area contributed by atoms with E-state index in [1.165, 1.54) is 20.2 Å². The Morgan fingerprint density at radius 3 is 1.86 bits per heavy atom. The van der Waals surface area contributed by atoms with Crippen LogP contribution in [0.15, 0.2) is 46.2 Å². The lowest BCUT2D eigenvalue weighted by atomic mass is 9.87. The number of aryl methyl sites for hydroxylation is 1. The van der Waals surface area contributed by atoms with Crippen LogP contribution in [-0.2, 0) is 25.5 Å². The van der Waals surface area contributed by atoms with Crippen LogP contribution in [-0.4, -0.2) is 35.2 Å². The maximum atomic E-state index is 12.8. The number of benzene rings is 2. The van der Waals surface area contributed by atoms with E-state index in [2.05, 4.69) is 25.5 Å². The standard InChI is InChI=1S/C20H28N2O4S2/c1-14-12-18(28(25,26)22(6)7)13-19(15(14)2)21-27(23,24)17-10-8-16(9-11-17)20(3,4)5/h8-13,21H,1-7H3. The van der Waals surface area contributed by atoms with Gasteiger partial charge in [0.2, 0.25) is 10.0 Å².